The Morgan fingerprint density at radius 3 is 3.06 bits per heavy atom. The SMILES string of the molecule is CCNc1nc(-c2nccs2)nc2c1CCC2. The third-order valence-corrected chi connectivity index (χ3v) is 3.67. The van der Waals surface area contributed by atoms with E-state index in [9.17, 15) is 0 Å². The third kappa shape index (κ3) is 1.91. The van der Waals surface area contributed by atoms with E-state index in [1.54, 1.807) is 17.5 Å². The van der Waals surface area contributed by atoms with E-state index in [1.807, 2.05) is 5.38 Å². The minimum atomic E-state index is 0.761. The largest absolute Gasteiger partial charge is 0.370 e. The van der Waals surface area contributed by atoms with Crippen LogP contribution in [0, 0.1) is 0 Å². The van der Waals surface area contributed by atoms with Crippen molar-refractivity contribution in [2.75, 3.05) is 11.9 Å². The van der Waals surface area contributed by atoms with Crippen molar-refractivity contribution in [3.05, 3.63) is 22.8 Å². The van der Waals surface area contributed by atoms with Crippen molar-refractivity contribution >= 4 is 17.2 Å². The number of thiazole rings is 1. The molecule has 0 atom stereocenters. The minimum absolute atomic E-state index is 0.761. The quantitative estimate of drug-likeness (QED) is 0.904. The highest BCUT2D eigenvalue weighted by Gasteiger charge is 2.20. The smallest absolute Gasteiger partial charge is 0.190 e. The van der Waals surface area contributed by atoms with E-state index in [4.69, 9.17) is 0 Å². The lowest BCUT2D eigenvalue weighted by Crippen LogP contribution is -2.06. The molecule has 0 bridgehead atoms. The van der Waals surface area contributed by atoms with Gasteiger partial charge in [-0.05, 0) is 26.2 Å². The van der Waals surface area contributed by atoms with E-state index in [0.717, 1.165) is 36.0 Å². The molecular weight excluding hydrogens is 232 g/mol. The van der Waals surface area contributed by atoms with Crippen LogP contribution in [0.25, 0.3) is 10.8 Å². The molecule has 0 saturated carbocycles. The molecule has 4 nitrogen and oxygen atoms in total. The van der Waals surface area contributed by atoms with Gasteiger partial charge in [0.25, 0.3) is 0 Å². The normalized spacial score (nSPS) is 13.7. The van der Waals surface area contributed by atoms with E-state index in [0.29, 0.717) is 0 Å². The van der Waals surface area contributed by atoms with Crippen molar-refractivity contribution in [1.82, 2.24) is 15.0 Å². The molecule has 1 aliphatic carbocycles. The fraction of sp³-hybridized carbons (Fsp3) is 0.417. The number of nitrogens with zero attached hydrogens (tertiary/aromatic N) is 3. The van der Waals surface area contributed by atoms with Gasteiger partial charge < -0.3 is 5.32 Å². The summed E-state index contributed by atoms with van der Waals surface area (Å²) in [7, 11) is 0. The number of rotatable bonds is 3. The summed E-state index contributed by atoms with van der Waals surface area (Å²) in [5, 5.41) is 6.19. The lowest BCUT2D eigenvalue weighted by molar-refractivity contribution is 0.899. The topological polar surface area (TPSA) is 50.7 Å². The maximum Gasteiger partial charge on any atom is 0.190 e. The molecule has 0 unspecified atom stereocenters. The van der Waals surface area contributed by atoms with E-state index >= 15 is 0 Å². The van der Waals surface area contributed by atoms with E-state index in [-0.39, 0.29) is 0 Å². The maximum absolute atomic E-state index is 4.64. The predicted octanol–water partition coefficient (Wildman–Crippen LogP) is 2.52. The molecule has 2 heterocycles. The second kappa shape index (κ2) is 4.41. The lowest BCUT2D eigenvalue weighted by atomic mass is 10.2. The Balaban J connectivity index is 2.09. The first-order chi connectivity index (χ1) is 8.38. The summed E-state index contributed by atoms with van der Waals surface area (Å²) >= 11 is 1.58. The second-order valence-electron chi connectivity index (χ2n) is 4.04. The molecule has 0 fully saturated rings. The molecule has 88 valence electrons. The van der Waals surface area contributed by atoms with Crippen molar-refractivity contribution in [1.29, 1.82) is 0 Å². The second-order valence-corrected chi connectivity index (χ2v) is 4.94. The van der Waals surface area contributed by atoms with Crippen LogP contribution in [0.4, 0.5) is 5.82 Å². The van der Waals surface area contributed by atoms with Gasteiger partial charge in [-0.3, -0.25) is 0 Å². The van der Waals surface area contributed by atoms with Gasteiger partial charge >= 0.3 is 0 Å². The molecule has 17 heavy (non-hydrogen) atoms. The van der Waals surface area contributed by atoms with Gasteiger partial charge in [-0.2, -0.15) is 0 Å². The molecule has 0 saturated heterocycles. The molecule has 1 aliphatic rings. The zero-order valence-corrected chi connectivity index (χ0v) is 10.5. The van der Waals surface area contributed by atoms with Gasteiger partial charge in [-0.25, -0.2) is 15.0 Å². The standard InChI is InChI=1S/C12H14N4S/c1-2-13-10-8-4-3-5-9(8)15-11(16-10)12-14-6-7-17-12/h6-7H,2-5H2,1H3,(H,13,15,16). The molecule has 0 aromatic carbocycles. The van der Waals surface area contributed by atoms with Gasteiger partial charge in [0.1, 0.15) is 5.82 Å². The Hall–Kier alpha value is -1.49. The van der Waals surface area contributed by atoms with Gasteiger partial charge in [0.05, 0.1) is 0 Å². The number of nitrogens with one attached hydrogen (secondary N) is 1. The van der Waals surface area contributed by atoms with E-state index in [1.165, 1.54) is 17.7 Å². The molecule has 2 aromatic heterocycles. The summed E-state index contributed by atoms with van der Waals surface area (Å²) in [5.74, 6) is 1.76. The van der Waals surface area contributed by atoms with E-state index < -0.39 is 0 Å². The maximum atomic E-state index is 4.64. The van der Waals surface area contributed by atoms with Crippen LogP contribution in [-0.2, 0) is 12.8 Å². The van der Waals surface area contributed by atoms with Gasteiger partial charge in [0.2, 0.25) is 0 Å². The fourth-order valence-electron chi connectivity index (χ4n) is 2.18. The van der Waals surface area contributed by atoms with Crippen LogP contribution in [-0.4, -0.2) is 21.5 Å². The van der Waals surface area contributed by atoms with E-state index in [2.05, 4.69) is 27.2 Å². The molecule has 0 amide bonds. The molecular formula is C12H14N4S. The number of hydrogen-bond donors (Lipinski definition) is 1. The van der Waals surface area contributed by atoms with Gasteiger partial charge in [-0.15, -0.1) is 11.3 Å². The van der Waals surface area contributed by atoms with Crippen molar-refractivity contribution in [3.8, 4) is 10.8 Å². The highest BCUT2D eigenvalue weighted by molar-refractivity contribution is 7.13. The number of fused-ring (bicyclic) bond motifs is 1. The average molecular weight is 246 g/mol. The molecule has 2 aromatic rings. The monoisotopic (exact) mass is 246 g/mol. The Morgan fingerprint density at radius 1 is 1.35 bits per heavy atom. The Labute approximate surface area is 104 Å². The zero-order valence-electron chi connectivity index (χ0n) is 9.73. The highest BCUT2D eigenvalue weighted by atomic mass is 32.1. The highest BCUT2D eigenvalue weighted by Crippen LogP contribution is 2.29. The molecule has 5 heteroatoms. The summed E-state index contributed by atoms with van der Waals surface area (Å²) in [6.45, 7) is 2.98. The Bertz CT molecular complexity index is 522. The molecule has 0 spiro atoms. The Kier molecular flexibility index (Phi) is 2.76. The van der Waals surface area contributed by atoms with Crippen molar-refractivity contribution in [2.24, 2.45) is 0 Å². The molecule has 0 aliphatic heterocycles. The summed E-state index contributed by atoms with van der Waals surface area (Å²) in [5.41, 5.74) is 2.49. The molecule has 0 radical (unpaired) electrons. The minimum Gasteiger partial charge on any atom is -0.370 e. The summed E-state index contributed by atoms with van der Waals surface area (Å²) in [6.07, 6.45) is 5.14. The molecule has 1 N–H and O–H groups in total. The van der Waals surface area contributed by atoms with Crippen LogP contribution >= 0.6 is 11.3 Å². The first kappa shape index (κ1) is 10.7. The van der Waals surface area contributed by atoms with Crippen LogP contribution in [0.15, 0.2) is 11.6 Å². The fourth-order valence-corrected chi connectivity index (χ4v) is 2.74. The van der Waals surface area contributed by atoms with Gasteiger partial charge in [-0.1, -0.05) is 0 Å². The van der Waals surface area contributed by atoms with Crippen LogP contribution < -0.4 is 5.32 Å². The lowest BCUT2D eigenvalue weighted by Gasteiger charge is -2.09. The zero-order chi connectivity index (χ0) is 11.7. The number of aromatic nitrogens is 3. The van der Waals surface area contributed by atoms with Crippen LogP contribution in [0.2, 0.25) is 0 Å². The summed E-state index contributed by atoms with van der Waals surface area (Å²) in [4.78, 5) is 13.5. The van der Waals surface area contributed by atoms with Crippen molar-refractivity contribution in [3.63, 3.8) is 0 Å². The van der Waals surface area contributed by atoms with Crippen LogP contribution in [0.3, 0.4) is 0 Å². The van der Waals surface area contributed by atoms with Gasteiger partial charge in [0.15, 0.2) is 10.8 Å². The average Bonchev–Trinajstić information content (AvgIpc) is 3.00. The summed E-state index contributed by atoms with van der Waals surface area (Å²) < 4.78 is 0. The number of aryl methyl sites for hydroxylation is 1. The summed E-state index contributed by atoms with van der Waals surface area (Å²) in [6, 6.07) is 0. The Morgan fingerprint density at radius 2 is 2.29 bits per heavy atom. The first-order valence-corrected chi connectivity index (χ1v) is 6.80. The number of anilines is 1. The van der Waals surface area contributed by atoms with Crippen LogP contribution in [0.5, 0.6) is 0 Å². The predicted molar refractivity (Wildman–Crippen MR) is 69.3 cm³/mol. The number of hydrogen-bond acceptors (Lipinski definition) is 5. The third-order valence-electron chi connectivity index (χ3n) is 2.90. The first-order valence-electron chi connectivity index (χ1n) is 5.92. The van der Waals surface area contributed by atoms with Crippen molar-refractivity contribution < 1.29 is 0 Å². The van der Waals surface area contributed by atoms with Crippen molar-refractivity contribution in [2.45, 2.75) is 26.2 Å². The molecule has 3 rings (SSSR count). The van der Waals surface area contributed by atoms with Crippen LogP contribution in [0.1, 0.15) is 24.6 Å². The van der Waals surface area contributed by atoms with Gasteiger partial charge in [0, 0.05) is 29.4 Å².